The Kier molecular flexibility index (Phi) is 4.93. The third kappa shape index (κ3) is 4.07. The molecule has 0 spiro atoms. The summed E-state index contributed by atoms with van der Waals surface area (Å²) >= 11 is 0. The smallest absolute Gasteiger partial charge is 0.319 e. The van der Waals surface area contributed by atoms with Gasteiger partial charge in [-0.2, -0.15) is 0 Å². The molecule has 0 atom stereocenters. The maximum atomic E-state index is 11.9. The molecule has 2 aromatic rings. The molecule has 2 aromatic carbocycles. The summed E-state index contributed by atoms with van der Waals surface area (Å²) in [5.41, 5.74) is 2.73. The van der Waals surface area contributed by atoms with Crippen molar-refractivity contribution < 1.29 is 10.0 Å². The van der Waals surface area contributed by atoms with Crippen LogP contribution in [0.3, 0.4) is 0 Å². The normalized spacial score (nSPS) is 11.0. The van der Waals surface area contributed by atoms with Crippen molar-refractivity contribution in [2.75, 3.05) is 5.32 Å². The van der Waals surface area contributed by atoms with Gasteiger partial charge in [0.25, 0.3) is 0 Å². The summed E-state index contributed by atoms with van der Waals surface area (Å²) in [6, 6.07) is 16.5. The number of para-hydroxylation sites is 1. The van der Waals surface area contributed by atoms with Gasteiger partial charge in [0.1, 0.15) is 0 Å². The van der Waals surface area contributed by atoms with Crippen LogP contribution in [0.5, 0.6) is 0 Å². The lowest BCUT2D eigenvalue weighted by Crippen LogP contribution is -2.28. The second kappa shape index (κ2) is 7.09. The van der Waals surface area contributed by atoms with Gasteiger partial charge in [0.05, 0.1) is 11.4 Å². The van der Waals surface area contributed by atoms with E-state index in [1.54, 1.807) is 25.1 Å². The Morgan fingerprint density at radius 2 is 1.76 bits per heavy atom. The highest BCUT2D eigenvalue weighted by Crippen LogP contribution is 2.15. The summed E-state index contributed by atoms with van der Waals surface area (Å²) in [6.07, 6.45) is 0. The Labute approximate surface area is 123 Å². The maximum absolute atomic E-state index is 11.9. The van der Waals surface area contributed by atoms with E-state index in [4.69, 9.17) is 5.21 Å². The van der Waals surface area contributed by atoms with E-state index in [1.807, 2.05) is 36.4 Å². The Hall–Kier alpha value is -2.82. The number of nitrogens with one attached hydrogen (secondary N) is 2. The topological polar surface area (TPSA) is 73.7 Å². The quantitative estimate of drug-likeness (QED) is 0.458. The third-order valence-corrected chi connectivity index (χ3v) is 3.01. The van der Waals surface area contributed by atoms with Crippen molar-refractivity contribution in [2.45, 2.75) is 13.5 Å². The highest BCUT2D eigenvalue weighted by atomic mass is 16.4. The number of hydrogen-bond donors (Lipinski definition) is 3. The predicted octanol–water partition coefficient (Wildman–Crippen LogP) is 3.21. The lowest BCUT2D eigenvalue weighted by molar-refractivity contribution is 0.251. The predicted molar refractivity (Wildman–Crippen MR) is 82.7 cm³/mol. The second-order valence-corrected chi connectivity index (χ2v) is 4.52. The van der Waals surface area contributed by atoms with Crippen molar-refractivity contribution in [2.24, 2.45) is 5.16 Å². The molecule has 2 rings (SSSR count). The Morgan fingerprint density at radius 3 is 2.48 bits per heavy atom. The van der Waals surface area contributed by atoms with Crippen LogP contribution in [-0.2, 0) is 6.54 Å². The van der Waals surface area contributed by atoms with Crippen molar-refractivity contribution in [1.82, 2.24) is 5.32 Å². The van der Waals surface area contributed by atoms with Crippen LogP contribution in [0.25, 0.3) is 0 Å². The SMILES string of the molecule is C/C(=N/O)c1ccccc1NC(=O)NCc1ccccc1. The molecule has 0 heterocycles. The van der Waals surface area contributed by atoms with Crippen LogP contribution >= 0.6 is 0 Å². The lowest BCUT2D eigenvalue weighted by atomic mass is 10.1. The number of rotatable bonds is 4. The summed E-state index contributed by atoms with van der Waals surface area (Å²) < 4.78 is 0. The number of oxime groups is 1. The second-order valence-electron chi connectivity index (χ2n) is 4.52. The van der Waals surface area contributed by atoms with Crippen molar-refractivity contribution in [3.63, 3.8) is 0 Å². The summed E-state index contributed by atoms with van der Waals surface area (Å²) in [5.74, 6) is 0. The monoisotopic (exact) mass is 283 g/mol. The minimum Gasteiger partial charge on any atom is -0.411 e. The minimum absolute atomic E-state index is 0.308. The average Bonchev–Trinajstić information content (AvgIpc) is 2.54. The van der Waals surface area contributed by atoms with E-state index >= 15 is 0 Å². The molecule has 0 radical (unpaired) electrons. The largest absolute Gasteiger partial charge is 0.411 e. The van der Waals surface area contributed by atoms with Crippen molar-refractivity contribution in [3.05, 3.63) is 65.7 Å². The first-order valence-corrected chi connectivity index (χ1v) is 6.57. The first-order chi connectivity index (χ1) is 10.2. The lowest BCUT2D eigenvalue weighted by Gasteiger charge is -2.11. The molecule has 0 saturated heterocycles. The molecule has 0 aliphatic rings. The van der Waals surface area contributed by atoms with E-state index in [0.29, 0.717) is 23.5 Å². The molecule has 0 aliphatic carbocycles. The van der Waals surface area contributed by atoms with Gasteiger partial charge < -0.3 is 15.8 Å². The van der Waals surface area contributed by atoms with Crippen molar-refractivity contribution >= 4 is 17.4 Å². The van der Waals surface area contributed by atoms with Gasteiger partial charge in [0.2, 0.25) is 0 Å². The Balaban J connectivity index is 2.00. The summed E-state index contributed by atoms with van der Waals surface area (Å²) in [6.45, 7) is 2.12. The van der Waals surface area contributed by atoms with Gasteiger partial charge in [-0.3, -0.25) is 0 Å². The molecule has 0 aliphatic heterocycles. The third-order valence-electron chi connectivity index (χ3n) is 3.01. The zero-order chi connectivity index (χ0) is 15.1. The average molecular weight is 283 g/mol. The molecule has 5 nitrogen and oxygen atoms in total. The first kappa shape index (κ1) is 14.6. The van der Waals surface area contributed by atoms with Crippen LogP contribution in [0.1, 0.15) is 18.1 Å². The van der Waals surface area contributed by atoms with Gasteiger partial charge in [0.15, 0.2) is 0 Å². The number of urea groups is 1. The van der Waals surface area contributed by atoms with Gasteiger partial charge >= 0.3 is 6.03 Å². The van der Waals surface area contributed by atoms with Crippen molar-refractivity contribution in [3.8, 4) is 0 Å². The van der Waals surface area contributed by atoms with Crippen LogP contribution in [-0.4, -0.2) is 17.0 Å². The molecule has 0 saturated carbocycles. The number of hydrogen-bond acceptors (Lipinski definition) is 3. The van der Waals surface area contributed by atoms with Crippen LogP contribution in [0.4, 0.5) is 10.5 Å². The first-order valence-electron chi connectivity index (χ1n) is 6.57. The fourth-order valence-electron chi connectivity index (χ4n) is 1.91. The highest BCUT2D eigenvalue weighted by Gasteiger charge is 2.08. The van der Waals surface area contributed by atoms with E-state index < -0.39 is 0 Å². The molecule has 5 heteroatoms. The molecule has 0 unspecified atom stereocenters. The highest BCUT2D eigenvalue weighted by molar-refractivity contribution is 6.05. The van der Waals surface area contributed by atoms with Gasteiger partial charge in [0, 0.05) is 12.1 Å². The standard InChI is InChI=1S/C16H17N3O2/c1-12(19-21)14-9-5-6-10-15(14)18-16(20)17-11-13-7-3-2-4-8-13/h2-10,21H,11H2,1H3,(H2,17,18,20)/b19-12-. The van der Waals surface area contributed by atoms with Crippen LogP contribution in [0.15, 0.2) is 59.8 Å². The molecule has 0 fully saturated rings. The summed E-state index contributed by atoms with van der Waals surface area (Å²) in [7, 11) is 0. The van der Waals surface area contributed by atoms with Crippen LogP contribution in [0.2, 0.25) is 0 Å². The van der Waals surface area contributed by atoms with E-state index in [-0.39, 0.29) is 6.03 Å². The fraction of sp³-hybridized carbons (Fsp3) is 0.125. The molecular weight excluding hydrogens is 266 g/mol. The zero-order valence-corrected chi connectivity index (χ0v) is 11.7. The number of benzene rings is 2. The zero-order valence-electron chi connectivity index (χ0n) is 11.7. The number of carbonyl (C=O) groups excluding carboxylic acids is 1. The maximum Gasteiger partial charge on any atom is 0.319 e. The summed E-state index contributed by atoms with van der Waals surface area (Å²) in [5, 5.41) is 17.6. The number of carbonyl (C=O) groups is 1. The van der Waals surface area contributed by atoms with Gasteiger partial charge in [-0.15, -0.1) is 0 Å². The van der Waals surface area contributed by atoms with E-state index in [2.05, 4.69) is 15.8 Å². The number of anilines is 1. The number of amides is 2. The molecule has 108 valence electrons. The molecule has 3 N–H and O–H groups in total. The van der Waals surface area contributed by atoms with E-state index in [0.717, 1.165) is 5.56 Å². The molecule has 0 bridgehead atoms. The van der Waals surface area contributed by atoms with Crippen molar-refractivity contribution in [1.29, 1.82) is 0 Å². The molecular formula is C16H17N3O2. The number of nitrogens with zero attached hydrogens (tertiary/aromatic N) is 1. The molecule has 0 aromatic heterocycles. The minimum atomic E-state index is -0.308. The van der Waals surface area contributed by atoms with Crippen LogP contribution < -0.4 is 10.6 Å². The van der Waals surface area contributed by atoms with Crippen LogP contribution in [0, 0.1) is 0 Å². The Bertz CT molecular complexity index is 639. The fourth-order valence-corrected chi connectivity index (χ4v) is 1.91. The van der Waals surface area contributed by atoms with Gasteiger partial charge in [-0.1, -0.05) is 53.7 Å². The molecule has 2 amide bonds. The Morgan fingerprint density at radius 1 is 1.10 bits per heavy atom. The molecule has 21 heavy (non-hydrogen) atoms. The van der Waals surface area contributed by atoms with E-state index in [1.165, 1.54) is 0 Å². The summed E-state index contributed by atoms with van der Waals surface area (Å²) in [4.78, 5) is 11.9. The van der Waals surface area contributed by atoms with Gasteiger partial charge in [-0.25, -0.2) is 4.79 Å². The van der Waals surface area contributed by atoms with Gasteiger partial charge in [-0.05, 0) is 18.6 Å². The van der Waals surface area contributed by atoms with E-state index in [9.17, 15) is 4.79 Å².